The van der Waals surface area contributed by atoms with E-state index in [1.165, 1.54) is 22.7 Å². The first-order chi connectivity index (χ1) is 15.7. The lowest BCUT2D eigenvalue weighted by Gasteiger charge is -2.17. The van der Waals surface area contributed by atoms with Crippen LogP contribution in [0.4, 0.5) is 5.13 Å². The number of hydrogen-bond donors (Lipinski definition) is 3. The molecule has 0 saturated carbocycles. The molecule has 0 fully saturated rings. The Hall–Kier alpha value is -3.69. The highest BCUT2D eigenvalue weighted by Gasteiger charge is 2.24. The maximum absolute atomic E-state index is 13.2. The van der Waals surface area contributed by atoms with E-state index in [0.29, 0.717) is 27.9 Å². The number of thiazole rings is 1. The van der Waals surface area contributed by atoms with E-state index in [0.717, 1.165) is 16.5 Å². The molecule has 5 aromatic rings. The molecule has 7 nitrogen and oxygen atoms in total. The van der Waals surface area contributed by atoms with Gasteiger partial charge in [-0.3, -0.25) is 9.59 Å². The van der Waals surface area contributed by atoms with Crippen LogP contribution in [-0.2, 0) is 11.2 Å². The summed E-state index contributed by atoms with van der Waals surface area (Å²) < 4.78 is 5.36. The van der Waals surface area contributed by atoms with E-state index < -0.39 is 6.04 Å². The number of para-hydroxylation sites is 1. The fourth-order valence-electron chi connectivity index (χ4n) is 3.43. The van der Waals surface area contributed by atoms with Crippen molar-refractivity contribution in [3.05, 3.63) is 82.2 Å². The summed E-state index contributed by atoms with van der Waals surface area (Å²) in [4.78, 5) is 34.1. The van der Waals surface area contributed by atoms with Crippen LogP contribution in [-0.4, -0.2) is 27.8 Å². The number of rotatable bonds is 7. The van der Waals surface area contributed by atoms with Crippen molar-refractivity contribution >= 4 is 50.5 Å². The van der Waals surface area contributed by atoms with Crippen molar-refractivity contribution in [1.82, 2.24) is 15.3 Å². The summed E-state index contributed by atoms with van der Waals surface area (Å²) in [5.41, 5.74) is 2.57. The fraction of sp³-hybridized carbons (Fsp3) is 0.0870. The Kier molecular flexibility index (Phi) is 5.57. The number of amides is 2. The predicted octanol–water partition coefficient (Wildman–Crippen LogP) is 4.93. The van der Waals surface area contributed by atoms with Crippen LogP contribution >= 0.6 is 22.7 Å². The highest BCUT2D eigenvalue weighted by atomic mass is 32.1. The van der Waals surface area contributed by atoms with Crippen LogP contribution in [0.15, 0.2) is 76.2 Å². The average Bonchev–Trinajstić information content (AvgIpc) is 3.61. The molecule has 1 atom stereocenters. The van der Waals surface area contributed by atoms with E-state index in [4.69, 9.17) is 4.42 Å². The number of aromatic amines is 1. The number of furan rings is 1. The normalized spacial score (nSPS) is 12.0. The molecule has 3 N–H and O–H groups in total. The Balaban J connectivity index is 1.38. The van der Waals surface area contributed by atoms with Gasteiger partial charge in [0, 0.05) is 28.9 Å². The summed E-state index contributed by atoms with van der Waals surface area (Å²) in [7, 11) is 0. The second kappa shape index (κ2) is 8.81. The Bertz CT molecular complexity index is 1350. The lowest BCUT2D eigenvalue weighted by Crippen LogP contribution is -2.45. The molecular weight excluding hydrogens is 444 g/mol. The minimum atomic E-state index is -0.778. The molecule has 2 amide bonds. The van der Waals surface area contributed by atoms with Gasteiger partial charge in [-0.25, -0.2) is 4.98 Å². The smallest absolute Gasteiger partial charge is 0.262 e. The van der Waals surface area contributed by atoms with Crippen LogP contribution in [0, 0.1) is 0 Å². The first-order valence-corrected chi connectivity index (χ1v) is 11.6. The van der Waals surface area contributed by atoms with Gasteiger partial charge in [0.2, 0.25) is 5.91 Å². The van der Waals surface area contributed by atoms with E-state index in [9.17, 15) is 9.59 Å². The number of aromatic nitrogens is 2. The molecule has 1 unspecified atom stereocenters. The minimum Gasteiger partial charge on any atom is -0.463 e. The van der Waals surface area contributed by atoms with Gasteiger partial charge in [0.1, 0.15) is 11.7 Å². The van der Waals surface area contributed by atoms with Gasteiger partial charge < -0.3 is 20.0 Å². The zero-order valence-electron chi connectivity index (χ0n) is 16.7. The predicted molar refractivity (Wildman–Crippen MR) is 126 cm³/mol. The van der Waals surface area contributed by atoms with E-state index in [1.807, 2.05) is 47.3 Å². The zero-order valence-corrected chi connectivity index (χ0v) is 18.3. The summed E-state index contributed by atoms with van der Waals surface area (Å²) in [5, 5.41) is 10.8. The number of H-pyrrole nitrogens is 1. The maximum atomic E-state index is 13.2. The Morgan fingerprint density at radius 2 is 2.00 bits per heavy atom. The van der Waals surface area contributed by atoms with Crippen LogP contribution < -0.4 is 10.6 Å². The monoisotopic (exact) mass is 462 g/mol. The minimum absolute atomic E-state index is 0.282. The molecule has 160 valence electrons. The second-order valence-electron chi connectivity index (χ2n) is 7.07. The average molecular weight is 463 g/mol. The van der Waals surface area contributed by atoms with Crippen LogP contribution in [0.3, 0.4) is 0 Å². The first kappa shape index (κ1) is 20.2. The summed E-state index contributed by atoms with van der Waals surface area (Å²) in [5.74, 6) is 0.0130. The SMILES string of the molecule is O=C(NC(Cc1c[nH]c2ccccc12)C(=O)Nc1nc(-c2ccco2)cs1)c1cccs1. The van der Waals surface area contributed by atoms with Crippen molar-refractivity contribution in [3.8, 4) is 11.5 Å². The highest BCUT2D eigenvalue weighted by Crippen LogP contribution is 2.26. The van der Waals surface area contributed by atoms with Gasteiger partial charge >= 0.3 is 0 Å². The van der Waals surface area contributed by atoms with E-state index in [-0.39, 0.29) is 11.8 Å². The third kappa shape index (κ3) is 4.20. The Morgan fingerprint density at radius 3 is 2.81 bits per heavy atom. The fourth-order valence-corrected chi connectivity index (χ4v) is 4.76. The van der Waals surface area contributed by atoms with Gasteiger partial charge in [-0.2, -0.15) is 0 Å². The van der Waals surface area contributed by atoms with Crippen molar-refractivity contribution in [3.63, 3.8) is 0 Å². The number of carbonyl (C=O) groups is 2. The van der Waals surface area contributed by atoms with Gasteiger partial charge in [0.05, 0.1) is 11.1 Å². The van der Waals surface area contributed by atoms with Crippen LogP contribution in [0.2, 0.25) is 0 Å². The number of carbonyl (C=O) groups excluding carboxylic acids is 2. The van der Waals surface area contributed by atoms with Gasteiger partial charge in [-0.1, -0.05) is 24.3 Å². The molecular formula is C23H18N4O3S2. The summed E-state index contributed by atoms with van der Waals surface area (Å²) in [6.07, 6.45) is 3.79. The molecule has 9 heteroatoms. The van der Waals surface area contributed by atoms with Gasteiger partial charge in [0.15, 0.2) is 10.9 Å². The zero-order chi connectivity index (χ0) is 21.9. The van der Waals surface area contributed by atoms with Crippen molar-refractivity contribution in [2.24, 2.45) is 0 Å². The quantitative estimate of drug-likeness (QED) is 0.319. The van der Waals surface area contributed by atoms with E-state index in [1.54, 1.807) is 24.5 Å². The number of thiophene rings is 1. The summed E-state index contributed by atoms with van der Waals surface area (Å²) in [6, 6.07) is 14.2. The molecule has 0 bridgehead atoms. The number of hydrogen-bond acceptors (Lipinski definition) is 6. The number of benzene rings is 1. The highest BCUT2D eigenvalue weighted by molar-refractivity contribution is 7.14. The molecule has 0 aliphatic heterocycles. The third-order valence-electron chi connectivity index (χ3n) is 4.97. The molecule has 1 aromatic carbocycles. The molecule has 32 heavy (non-hydrogen) atoms. The molecule has 5 rings (SSSR count). The molecule has 4 heterocycles. The van der Waals surface area contributed by atoms with Gasteiger partial charge in [-0.15, -0.1) is 22.7 Å². The number of anilines is 1. The van der Waals surface area contributed by atoms with Crippen LogP contribution in [0.25, 0.3) is 22.4 Å². The van der Waals surface area contributed by atoms with E-state index in [2.05, 4.69) is 20.6 Å². The van der Waals surface area contributed by atoms with Crippen molar-refractivity contribution < 1.29 is 14.0 Å². The molecule has 0 radical (unpaired) electrons. The third-order valence-corrected chi connectivity index (χ3v) is 6.60. The van der Waals surface area contributed by atoms with Gasteiger partial charge in [0.25, 0.3) is 5.91 Å². The number of nitrogens with one attached hydrogen (secondary N) is 3. The maximum Gasteiger partial charge on any atom is 0.262 e. The summed E-state index contributed by atoms with van der Waals surface area (Å²) in [6.45, 7) is 0. The molecule has 0 aliphatic rings. The Labute approximate surface area is 191 Å². The standard InChI is InChI=1S/C23H18N4O3S2/c28-21(27-23-26-18(13-32-23)19-7-3-9-30-19)17(25-22(29)20-8-4-10-31-20)11-14-12-24-16-6-2-1-5-15(14)16/h1-10,12-13,17,24H,11H2,(H,25,29)(H,26,27,28). The van der Waals surface area contributed by atoms with Gasteiger partial charge in [-0.05, 0) is 35.2 Å². The van der Waals surface area contributed by atoms with Crippen molar-refractivity contribution in [1.29, 1.82) is 0 Å². The second-order valence-corrected chi connectivity index (χ2v) is 8.88. The molecule has 0 aliphatic carbocycles. The van der Waals surface area contributed by atoms with Crippen LogP contribution in [0.5, 0.6) is 0 Å². The lowest BCUT2D eigenvalue weighted by molar-refractivity contribution is -0.118. The molecule has 4 aromatic heterocycles. The number of fused-ring (bicyclic) bond motifs is 1. The van der Waals surface area contributed by atoms with Crippen LogP contribution in [0.1, 0.15) is 15.2 Å². The first-order valence-electron chi connectivity index (χ1n) is 9.87. The van der Waals surface area contributed by atoms with Crippen molar-refractivity contribution in [2.75, 3.05) is 5.32 Å². The Morgan fingerprint density at radius 1 is 1.09 bits per heavy atom. The molecule has 0 saturated heterocycles. The topological polar surface area (TPSA) is 100 Å². The molecule has 0 spiro atoms. The van der Waals surface area contributed by atoms with Crippen molar-refractivity contribution in [2.45, 2.75) is 12.5 Å². The van der Waals surface area contributed by atoms with E-state index >= 15 is 0 Å². The number of nitrogens with zero attached hydrogens (tertiary/aromatic N) is 1. The summed E-state index contributed by atoms with van der Waals surface area (Å²) >= 11 is 2.63. The largest absolute Gasteiger partial charge is 0.463 e. The lowest BCUT2D eigenvalue weighted by atomic mass is 10.0.